The first-order valence-electron chi connectivity index (χ1n) is 9.65. The molecular formula is C19H18F6N4O2. The van der Waals surface area contributed by atoms with Gasteiger partial charge in [-0.05, 0) is 24.0 Å². The van der Waals surface area contributed by atoms with Gasteiger partial charge in [0.25, 0.3) is 0 Å². The van der Waals surface area contributed by atoms with E-state index < -0.39 is 35.9 Å². The highest BCUT2D eigenvalue weighted by Crippen LogP contribution is 2.45. The van der Waals surface area contributed by atoms with Crippen molar-refractivity contribution in [2.75, 3.05) is 24.5 Å². The third-order valence-corrected chi connectivity index (χ3v) is 5.93. The number of halogens is 6. The fourth-order valence-corrected chi connectivity index (χ4v) is 4.43. The number of aliphatic hydroxyl groups excluding tert-OH is 1. The van der Waals surface area contributed by atoms with Gasteiger partial charge in [0, 0.05) is 31.1 Å². The summed E-state index contributed by atoms with van der Waals surface area (Å²) >= 11 is 0. The van der Waals surface area contributed by atoms with Crippen LogP contribution in [0, 0.1) is 11.8 Å². The van der Waals surface area contributed by atoms with E-state index in [1.54, 1.807) is 4.90 Å². The number of aliphatic imine (C=N–C) groups is 1. The van der Waals surface area contributed by atoms with Gasteiger partial charge in [0.2, 0.25) is 0 Å². The zero-order valence-electron chi connectivity index (χ0n) is 16.0. The Balaban J connectivity index is 1.48. The molecule has 1 saturated heterocycles. The Bertz CT molecular complexity index is 930. The number of hydrogen-bond donors (Lipinski definition) is 1. The second-order valence-electron chi connectivity index (χ2n) is 7.84. The molecule has 0 aromatic carbocycles. The maximum atomic E-state index is 13.6. The van der Waals surface area contributed by atoms with Gasteiger partial charge >= 0.3 is 12.4 Å². The Kier molecular flexibility index (Phi) is 5.31. The first-order chi connectivity index (χ1) is 14.5. The van der Waals surface area contributed by atoms with Crippen LogP contribution in [-0.4, -0.2) is 58.5 Å². The number of ketones is 1. The van der Waals surface area contributed by atoms with Gasteiger partial charge < -0.3 is 10.0 Å². The summed E-state index contributed by atoms with van der Waals surface area (Å²) in [6.07, 6.45) is -9.25. The lowest BCUT2D eigenvalue weighted by molar-refractivity contribution is -0.190. The van der Waals surface area contributed by atoms with E-state index in [2.05, 4.69) is 15.0 Å². The molecule has 168 valence electrons. The Morgan fingerprint density at radius 3 is 2.26 bits per heavy atom. The van der Waals surface area contributed by atoms with E-state index in [4.69, 9.17) is 0 Å². The van der Waals surface area contributed by atoms with Crippen molar-refractivity contribution in [2.45, 2.75) is 37.7 Å². The number of carbonyl (C=O) groups excluding carboxylic acids is 1. The lowest BCUT2D eigenvalue weighted by Gasteiger charge is -2.36. The molecule has 2 aliphatic heterocycles. The van der Waals surface area contributed by atoms with E-state index in [-0.39, 0.29) is 36.0 Å². The largest absolute Gasteiger partial charge is 0.434 e. The number of Topliss-reactive ketones (excluding diaryl/α,β-unsaturated/α-hetero) is 1. The summed E-state index contributed by atoms with van der Waals surface area (Å²) in [5.74, 6) is -3.18. The molecule has 0 radical (unpaired) electrons. The van der Waals surface area contributed by atoms with Crippen molar-refractivity contribution in [3.05, 3.63) is 29.2 Å². The standard InChI is InChI=1S/C19H18F6N4O2/c20-18(21,22)12-7-27-13(8-26-12)29-3-1-9(2-4-29)16-14-10(6-28-16)5-11(30)17(31)15(14)19(23,24)25/h7-9,15,17,31H,1-6H2/t15-,17+/m0/s1. The van der Waals surface area contributed by atoms with Crippen molar-refractivity contribution in [3.8, 4) is 0 Å². The minimum absolute atomic E-state index is 0.0142. The summed E-state index contributed by atoms with van der Waals surface area (Å²) in [6, 6.07) is 0. The van der Waals surface area contributed by atoms with E-state index in [1.807, 2.05) is 0 Å². The average molecular weight is 448 g/mol. The zero-order valence-corrected chi connectivity index (χ0v) is 16.0. The van der Waals surface area contributed by atoms with Crippen LogP contribution < -0.4 is 4.90 Å². The molecule has 3 heterocycles. The molecule has 4 rings (SSSR count). The summed E-state index contributed by atoms with van der Waals surface area (Å²) in [5, 5.41) is 9.94. The van der Waals surface area contributed by atoms with Gasteiger partial charge in [0.05, 0.1) is 18.9 Å². The lowest BCUT2D eigenvalue weighted by atomic mass is 9.74. The van der Waals surface area contributed by atoms with E-state index >= 15 is 0 Å². The molecule has 1 aromatic rings. The number of carbonyl (C=O) groups is 1. The van der Waals surface area contributed by atoms with Crippen molar-refractivity contribution in [3.63, 3.8) is 0 Å². The molecule has 0 spiro atoms. The van der Waals surface area contributed by atoms with Crippen LogP contribution in [0.15, 0.2) is 28.5 Å². The predicted molar refractivity (Wildman–Crippen MR) is 96.5 cm³/mol. The summed E-state index contributed by atoms with van der Waals surface area (Å²) < 4.78 is 78.8. The monoisotopic (exact) mass is 448 g/mol. The molecule has 31 heavy (non-hydrogen) atoms. The van der Waals surface area contributed by atoms with Crippen LogP contribution in [0.5, 0.6) is 0 Å². The van der Waals surface area contributed by atoms with Crippen LogP contribution in [0.1, 0.15) is 25.0 Å². The SMILES string of the molecule is O=C1CC2=C(C(C3CCN(c4cnc(C(F)(F)F)cn4)CC3)=NC2)[C@H](C(F)(F)F)[C@@H]1O. The van der Waals surface area contributed by atoms with Gasteiger partial charge in [-0.2, -0.15) is 26.3 Å². The Labute approximate surface area is 172 Å². The van der Waals surface area contributed by atoms with Gasteiger partial charge in [0.15, 0.2) is 11.5 Å². The molecule has 1 aromatic heterocycles. The number of alkyl halides is 6. The van der Waals surface area contributed by atoms with Gasteiger partial charge in [-0.3, -0.25) is 9.79 Å². The molecule has 6 nitrogen and oxygen atoms in total. The number of nitrogens with zero attached hydrogens (tertiary/aromatic N) is 4. The van der Waals surface area contributed by atoms with Crippen LogP contribution in [0.4, 0.5) is 32.2 Å². The first-order valence-corrected chi connectivity index (χ1v) is 9.65. The minimum Gasteiger partial charge on any atom is -0.384 e. The van der Waals surface area contributed by atoms with Crippen LogP contribution in [-0.2, 0) is 11.0 Å². The van der Waals surface area contributed by atoms with Crippen LogP contribution >= 0.6 is 0 Å². The van der Waals surface area contributed by atoms with E-state index in [1.165, 1.54) is 0 Å². The van der Waals surface area contributed by atoms with Crippen LogP contribution in [0.25, 0.3) is 0 Å². The summed E-state index contributed by atoms with van der Waals surface area (Å²) in [5.41, 5.74) is -0.576. The van der Waals surface area contributed by atoms with Gasteiger partial charge in [-0.1, -0.05) is 0 Å². The molecule has 0 bridgehead atoms. The second kappa shape index (κ2) is 7.57. The highest BCUT2D eigenvalue weighted by molar-refractivity contribution is 6.08. The van der Waals surface area contributed by atoms with Crippen molar-refractivity contribution in [1.29, 1.82) is 0 Å². The molecule has 1 N–H and O–H groups in total. The van der Waals surface area contributed by atoms with E-state index in [0.29, 0.717) is 37.7 Å². The van der Waals surface area contributed by atoms with Crippen LogP contribution in [0.2, 0.25) is 0 Å². The number of rotatable bonds is 2. The number of aliphatic hydroxyl groups is 1. The van der Waals surface area contributed by atoms with Gasteiger partial charge in [-0.25, -0.2) is 9.97 Å². The highest BCUT2D eigenvalue weighted by Gasteiger charge is 2.54. The molecule has 0 amide bonds. The fourth-order valence-electron chi connectivity index (χ4n) is 4.43. The Morgan fingerprint density at radius 1 is 1.03 bits per heavy atom. The van der Waals surface area contributed by atoms with E-state index in [9.17, 15) is 36.2 Å². The van der Waals surface area contributed by atoms with Gasteiger partial charge in [0.1, 0.15) is 17.8 Å². The number of aromatic nitrogens is 2. The van der Waals surface area contributed by atoms with Crippen molar-refractivity contribution in [1.82, 2.24) is 9.97 Å². The number of hydrogen-bond acceptors (Lipinski definition) is 6. The third-order valence-electron chi connectivity index (χ3n) is 5.93. The molecular weight excluding hydrogens is 430 g/mol. The fraction of sp³-hybridized carbons (Fsp3) is 0.579. The van der Waals surface area contributed by atoms with Gasteiger partial charge in [-0.15, -0.1) is 0 Å². The molecule has 12 heteroatoms. The molecule has 3 aliphatic rings. The molecule has 1 aliphatic carbocycles. The smallest absolute Gasteiger partial charge is 0.384 e. The van der Waals surface area contributed by atoms with E-state index in [0.717, 1.165) is 6.20 Å². The lowest BCUT2D eigenvalue weighted by Crippen LogP contribution is -2.46. The average Bonchev–Trinajstić information content (AvgIpc) is 3.10. The second-order valence-corrected chi connectivity index (χ2v) is 7.84. The summed E-state index contributed by atoms with van der Waals surface area (Å²) in [4.78, 5) is 25.0. The molecule has 2 atom stereocenters. The summed E-state index contributed by atoms with van der Waals surface area (Å²) in [6.45, 7) is 0.718. The maximum Gasteiger partial charge on any atom is 0.434 e. The minimum atomic E-state index is -4.78. The van der Waals surface area contributed by atoms with Crippen molar-refractivity contribution >= 4 is 17.3 Å². The maximum absolute atomic E-state index is 13.6. The summed E-state index contributed by atoms with van der Waals surface area (Å²) in [7, 11) is 0. The molecule has 0 unspecified atom stereocenters. The number of piperidine rings is 1. The Hall–Kier alpha value is -2.50. The number of anilines is 1. The first kappa shape index (κ1) is 21.7. The predicted octanol–water partition coefficient (Wildman–Crippen LogP) is 2.98. The zero-order chi connectivity index (χ0) is 22.6. The normalized spacial score (nSPS) is 25.7. The molecule has 1 fully saturated rings. The highest BCUT2D eigenvalue weighted by atomic mass is 19.4. The van der Waals surface area contributed by atoms with Crippen molar-refractivity contribution < 1.29 is 36.2 Å². The topological polar surface area (TPSA) is 78.7 Å². The van der Waals surface area contributed by atoms with Crippen LogP contribution in [0.3, 0.4) is 0 Å². The molecule has 0 saturated carbocycles. The van der Waals surface area contributed by atoms with Crippen molar-refractivity contribution in [2.24, 2.45) is 16.8 Å². The Morgan fingerprint density at radius 2 is 1.71 bits per heavy atom. The quantitative estimate of drug-likeness (QED) is 0.704. The third kappa shape index (κ3) is 4.04.